The Bertz CT molecular complexity index is 1500. The molecule has 0 saturated heterocycles. The number of benzene rings is 1. The van der Waals surface area contributed by atoms with Crippen molar-refractivity contribution in [3.8, 4) is 11.1 Å². The molecule has 11 heteroatoms. The van der Waals surface area contributed by atoms with E-state index in [0.717, 1.165) is 28.3 Å². The highest BCUT2D eigenvalue weighted by atomic mass is 32.2. The van der Waals surface area contributed by atoms with Gasteiger partial charge in [-0.2, -0.15) is 8.42 Å². The van der Waals surface area contributed by atoms with Crippen molar-refractivity contribution in [2.24, 2.45) is 17.8 Å². The summed E-state index contributed by atoms with van der Waals surface area (Å²) in [6, 6.07) is 7.42. The van der Waals surface area contributed by atoms with Crippen LogP contribution in [-0.4, -0.2) is 48.8 Å². The molecule has 2 N–H and O–H groups in total. The predicted molar refractivity (Wildman–Crippen MR) is 145 cm³/mol. The van der Waals surface area contributed by atoms with Crippen molar-refractivity contribution in [1.82, 2.24) is 9.97 Å². The van der Waals surface area contributed by atoms with Crippen LogP contribution in [0.2, 0.25) is 0 Å². The first-order valence-corrected chi connectivity index (χ1v) is 14.0. The number of nitrogens with zero attached hydrogens (tertiary/aromatic N) is 2. The fourth-order valence-electron chi connectivity index (χ4n) is 4.41. The SMILES string of the molecule is Cc1ccncc1-c1cc(NC(=O)OC(C)(C)C)c2cnc(NC(=O)C3C(C)C3COS(C)(=O)=O)cc2c1. The van der Waals surface area contributed by atoms with Gasteiger partial charge in [0.1, 0.15) is 11.4 Å². The van der Waals surface area contributed by atoms with E-state index in [1.807, 2.05) is 32.0 Å². The van der Waals surface area contributed by atoms with Crippen LogP contribution in [0.3, 0.4) is 0 Å². The molecular weight excluding hydrogens is 508 g/mol. The highest BCUT2D eigenvalue weighted by Gasteiger charge is 2.52. The number of fused-ring (bicyclic) bond motifs is 1. The molecule has 0 bridgehead atoms. The van der Waals surface area contributed by atoms with E-state index in [0.29, 0.717) is 16.9 Å². The van der Waals surface area contributed by atoms with E-state index in [1.54, 1.807) is 45.4 Å². The number of carbonyl (C=O) groups is 2. The molecule has 1 saturated carbocycles. The van der Waals surface area contributed by atoms with Crippen molar-refractivity contribution in [1.29, 1.82) is 0 Å². The monoisotopic (exact) mass is 540 g/mol. The van der Waals surface area contributed by atoms with E-state index >= 15 is 0 Å². The summed E-state index contributed by atoms with van der Waals surface area (Å²) in [4.78, 5) is 34.1. The van der Waals surface area contributed by atoms with E-state index in [-0.39, 0.29) is 30.3 Å². The lowest BCUT2D eigenvalue weighted by Gasteiger charge is -2.20. The summed E-state index contributed by atoms with van der Waals surface area (Å²) in [5.41, 5.74) is 2.57. The second-order valence-corrected chi connectivity index (χ2v) is 12.3. The van der Waals surface area contributed by atoms with E-state index in [2.05, 4.69) is 20.6 Å². The number of rotatable bonds is 7. The fraction of sp³-hybridized carbons (Fsp3) is 0.407. The normalized spacial score (nSPS) is 19.2. The molecule has 202 valence electrons. The van der Waals surface area contributed by atoms with Crippen LogP contribution in [0.1, 0.15) is 33.3 Å². The predicted octanol–water partition coefficient (Wildman–Crippen LogP) is 4.75. The Morgan fingerprint density at radius 3 is 2.50 bits per heavy atom. The van der Waals surface area contributed by atoms with Gasteiger partial charge in [0.2, 0.25) is 5.91 Å². The zero-order valence-electron chi connectivity index (χ0n) is 22.2. The van der Waals surface area contributed by atoms with Gasteiger partial charge in [0, 0.05) is 35.5 Å². The minimum atomic E-state index is -3.58. The first-order chi connectivity index (χ1) is 17.7. The first-order valence-electron chi connectivity index (χ1n) is 12.2. The summed E-state index contributed by atoms with van der Waals surface area (Å²) in [5.74, 6) is -0.481. The van der Waals surface area contributed by atoms with Crippen molar-refractivity contribution < 1.29 is 26.9 Å². The standard InChI is InChI=1S/C27H32N4O6S/c1-15-7-8-28-12-19(15)17-9-18-11-23(31-25(32)24-16(2)21(24)14-36-38(6,34)35)29-13-20(18)22(10-17)30-26(33)37-27(3,4)5/h7-13,16,21,24H,14H2,1-6H3,(H,30,33)(H,29,31,32). The second kappa shape index (κ2) is 10.3. The quantitative estimate of drug-likeness (QED) is 0.410. The topological polar surface area (TPSA) is 137 Å². The van der Waals surface area contributed by atoms with Crippen LogP contribution in [0.25, 0.3) is 21.9 Å². The summed E-state index contributed by atoms with van der Waals surface area (Å²) >= 11 is 0. The minimum absolute atomic E-state index is 0.0120. The van der Waals surface area contributed by atoms with Crippen LogP contribution < -0.4 is 10.6 Å². The van der Waals surface area contributed by atoms with Gasteiger partial charge in [0.15, 0.2) is 0 Å². The Kier molecular flexibility index (Phi) is 7.44. The van der Waals surface area contributed by atoms with E-state index in [9.17, 15) is 18.0 Å². The molecule has 0 aliphatic heterocycles. The molecule has 0 spiro atoms. The summed E-state index contributed by atoms with van der Waals surface area (Å²) in [6.07, 6.45) is 5.44. The largest absolute Gasteiger partial charge is 0.444 e. The molecule has 3 atom stereocenters. The summed E-state index contributed by atoms with van der Waals surface area (Å²) < 4.78 is 32.9. The van der Waals surface area contributed by atoms with Crippen molar-refractivity contribution in [3.05, 3.63) is 48.4 Å². The average molecular weight is 541 g/mol. The molecule has 2 aromatic heterocycles. The van der Waals surface area contributed by atoms with Crippen LogP contribution in [0.15, 0.2) is 42.9 Å². The number of ether oxygens (including phenoxy) is 1. The average Bonchev–Trinajstić information content (AvgIpc) is 3.45. The maximum Gasteiger partial charge on any atom is 0.412 e. The van der Waals surface area contributed by atoms with E-state index < -0.39 is 21.8 Å². The Morgan fingerprint density at radius 2 is 1.84 bits per heavy atom. The Hall–Kier alpha value is -3.57. The number of pyridine rings is 2. The summed E-state index contributed by atoms with van der Waals surface area (Å²) in [6.45, 7) is 9.18. The van der Waals surface area contributed by atoms with Crippen LogP contribution in [0.4, 0.5) is 16.3 Å². The third kappa shape index (κ3) is 6.65. The number of aryl methyl sites for hydroxylation is 1. The molecular formula is C27H32N4O6S. The van der Waals surface area contributed by atoms with Gasteiger partial charge >= 0.3 is 6.09 Å². The molecule has 1 aromatic carbocycles. The molecule has 1 fully saturated rings. The molecule has 1 aliphatic rings. The molecule has 2 heterocycles. The number of carbonyl (C=O) groups excluding carboxylic acids is 2. The van der Waals surface area contributed by atoms with Crippen LogP contribution in [0.5, 0.6) is 0 Å². The number of hydrogen-bond acceptors (Lipinski definition) is 8. The summed E-state index contributed by atoms with van der Waals surface area (Å²) in [5, 5.41) is 7.07. The smallest absolute Gasteiger partial charge is 0.412 e. The minimum Gasteiger partial charge on any atom is -0.444 e. The van der Waals surface area contributed by atoms with E-state index in [1.165, 1.54) is 0 Å². The van der Waals surface area contributed by atoms with Gasteiger partial charge in [-0.15, -0.1) is 0 Å². The lowest BCUT2D eigenvalue weighted by atomic mass is 9.99. The zero-order valence-corrected chi connectivity index (χ0v) is 23.0. The Labute approximate surface area is 222 Å². The molecule has 0 radical (unpaired) electrons. The van der Waals surface area contributed by atoms with Gasteiger partial charge in [-0.25, -0.2) is 9.78 Å². The van der Waals surface area contributed by atoms with Crippen molar-refractivity contribution in [2.45, 2.75) is 40.2 Å². The highest BCUT2D eigenvalue weighted by molar-refractivity contribution is 7.85. The molecule has 1 aliphatic carbocycles. The molecule has 2 amide bonds. The van der Waals surface area contributed by atoms with Crippen LogP contribution >= 0.6 is 0 Å². The zero-order chi connectivity index (χ0) is 27.8. The maximum atomic E-state index is 12.9. The van der Waals surface area contributed by atoms with Crippen molar-refractivity contribution in [3.63, 3.8) is 0 Å². The summed E-state index contributed by atoms with van der Waals surface area (Å²) in [7, 11) is -3.58. The van der Waals surface area contributed by atoms with Crippen molar-refractivity contribution in [2.75, 3.05) is 23.5 Å². The van der Waals surface area contributed by atoms with Gasteiger partial charge < -0.3 is 10.1 Å². The van der Waals surface area contributed by atoms with Crippen LogP contribution in [0, 0.1) is 24.7 Å². The lowest BCUT2D eigenvalue weighted by Crippen LogP contribution is -2.27. The van der Waals surface area contributed by atoms with E-state index in [4.69, 9.17) is 8.92 Å². The lowest BCUT2D eigenvalue weighted by molar-refractivity contribution is -0.118. The number of aromatic nitrogens is 2. The second-order valence-electron chi connectivity index (χ2n) is 10.7. The maximum absolute atomic E-state index is 12.9. The Morgan fingerprint density at radius 1 is 1.11 bits per heavy atom. The highest BCUT2D eigenvalue weighted by Crippen LogP contribution is 2.47. The van der Waals surface area contributed by atoms with Gasteiger partial charge in [0.05, 0.1) is 18.6 Å². The van der Waals surface area contributed by atoms with Crippen molar-refractivity contribution >= 4 is 44.4 Å². The number of amides is 2. The fourth-order valence-corrected chi connectivity index (χ4v) is 4.82. The van der Waals surface area contributed by atoms with Crippen LogP contribution in [-0.2, 0) is 23.8 Å². The Balaban J connectivity index is 1.63. The third-order valence-electron chi connectivity index (χ3n) is 6.41. The number of nitrogens with one attached hydrogen (secondary N) is 2. The molecule has 38 heavy (non-hydrogen) atoms. The van der Waals surface area contributed by atoms with Gasteiger partial charge in [-0.1, -0.05) is 6.92 Å². The molecule has 4 rings (SSSR count). The molecule has 3 aromatic rings. The van der Waals surface area contributed by atoms with Gasteiger partial charge in [0.25, 0.3) is 10.1 Å². The number of hydrogen-bond donors (Lipinski definition) is 2. The molecule has 10 nitrogen and oxygen atoms in total. The van der Waals surface area contributed by atoms with Gasteiger partial charge in [-0.05, 0) is 80.3 Å². The van der Waals surface area contributed by atoms with Gasteiger partial charge in [-0.3, -0.25) is 19.3 Å². The molecule has 3 unspecified atom stereocenters. The number of anilines is 2. The first kappa shape index (κ1) is 27.5. The third-order valence-corrected chi connectivity index (χ3v) is 6.98.